The number of carbonyl (C=O) groups is 1. The van der Waals surface area contributed by atoms with Crippen LogP contribution in [-0.4, -0.2) is 73.4 Å². The molecule has 0 fully saturated rings. The Labute approximate surface area is 310 Å². The topological polar surface area (TPSA) is 105 Å². The van der Waals surface area contributed by atoms with Gasteiger partial charge >= 0.3 is 7.82 Å². The molecule has 9 heteroatoms. The summed E-state index contributed by atoms with van der Waals surface area (Å²) >= 11 is 0. The lowest BCUT2D eigenvalue weighted by Crippen LogP contribution is -2.46. The predicted octanol–water partition coefficient (Wildman–Crippen LogP) is 11.2. The molecule has 0 aliphatic carbocycles. The molecule has 50 heavy (non-hydrogen) atoms. The summed E-state index contributed by atoms with van der Waals surface area (Å²) in [4.78, 5) is 23.1. The number of rotatable bonds is 38. The molecule has 0 radical (unpaired) electrons. The summed E-state index contributed by atoms with van der Waals surface area (Å²) in [6, 6.07) is -0.769. The third-order valence-corrected chi connectivity index (χ3v) is 10.5. The number of phosphoric acid groups is 1. The maximum Gasteiger partial charge on any atom is 0.472 e. The van der Waals surface area contributed by atoms with Crippen LogP contribution in [0.15, 0.2) is 12.2 Å². The van der Waals surface area contributed by atoms with Crippen molar-refractivity contribution >= 4 is 13.7 Å². The smallest absolute Gasteiger partial charge is 0.391 e. The van der Waals surface area contributed by atoms with Crippen LogP contribution >= 0.6 is 7.82 Å². The molecule has 0 aromatic heterocycles. The number of quaternary nitrogens is 1. The lowest BCUT2D eigenvalue weighted by molar-refractivity contribution is -0.870. The Morgan fingerprint density at radius 3 is 1.54 bits per heavy atom. The molecule has 0 saturated heterocycles. The normalized spacial score (nSPS) is 14.6. The van der Waals surface area contributed by atoms with Gasteiger partial charge in [0.2, 0.25) is 5.91 Å². The summed E-state index contributed by atoms with van der Waals surface area (Å²) < 4.78 is 23.5. The Morgan fingerprint density at radius 1 is 0.660 bits per heavy atom. The van der Waals surface area contributed by atoms with E-state index in [2.05, 4.69) is 31.3 Å². The van der Waals surface area contributed by atoms with Gasteiger partial charge in [0, 0.05) is 6.42 Å². The zero-order valence-corrected chi connectivity index (χ0v) is 34.5. The van der Waals surface area contributed by atoms with E-state index in [1.807, 2.05) is 21.1 Å². The average molecular weight is 732 g/mol. The van der Waals surface area contributed by atoms with Crippen molar-refractivity contribution in [2.75, 3.05) is 40.9 Å². The molecule has 0 heterocycles. The second-order valence-electron chi connectivity index (χ2n) is 15.7. The fourth-order valence-corrected chi connectivity index (χ4v) is 6.83. The summed E-state index contributed by atoms with van der Waals surface area (Å²) in [5.41, 5.74) is 0. The van der Waals surface area contributed by atoms with Crippen molar-refractivity contribution in [3.63, 3.8) is 0 Å². The highest BCUT2D eigenvalue weighted by molar-refractivity contribution is 7.47. The number of unbranched alkanes of at least 4 members (excludes halogenated alkanes) is 23. The lowest BCUT2D eigenvalue weighted by Gasteiger charge is -2.26. The monoisotopic (exact) mass is 732 g/mol. The molecular weight excluding hydrogens is 647 g/mol. The average Bonchev–Trinajstić information content (AvgIpc) is 3.06. The Bertz CT molecular complexity index is 834. The van der Waals surface area contributed by atoms with Crippen molar-refractivity contribution in [3.05, 3.63) is 12.2 Å². The van der Waals surface area contributed by atoms with Crippen molar-refractivity contribution in [2.24, 2.45) is 0 Å². The first kappa shape index (κ1) is 49.2. The number of amides is 1. The van der Waals surface area contributed by atoms with Crippen molar-refractivity contribution in [1.29, 1.82) is 0 Å². The third-order valence-electron chi connectivity index (χ3n) is 9.51. The summed E-state index contributed by atoms with van der Waals surface area (Å²) in [6.07, 6.45) is 36.6. The fourth-order valence-electron chi connectivity index (χ4n) is 6.10. The summed E-state index contributed by atoms with van der Waals surface area (Å²) in [5, 5.41) is 13.9. The van der Waals surface area contributed by atoms with Crippen LogP contribution in [0.25, 0.3) is 0 Å². The predicted molar refractivity (Wildman–Crippen MR) is 212 cm³/mol. The van der Waals surface area contributed by atoms with Crippen molar-refractivity contribution in [3.8, 4) is 0 Å². The first-order valence-corrected chi connectivity index (χ1v) is 22.5. The number of nitrogens with zero attached hydrogens (tertiary/aromatic N) is 1. The van der Waals surface area contributed by atoms with Crippen LogP contribution in [0.2, 0.25) is 0 Å². The van der Waals surface area contributed by atoms with Gasteiger partial charge in [-0.25, -0.2) is 4.57 Å². The number of carbonyl (C=O) groups excluding carboxylic acids is 1. The van der Waals surface area contributed by atoms with Crippen molar-refractivity contribution in [2.45, 2.75) is 206 Å². The van der Waals surface area contributed by atoms with E-state index in [0.29, 0.717) is 23.9 Å². The molecule has 3 N–H and O–H groups in total. The van der Waals surface area contributed by atoms with E-state index in [9.17, 15) is 19.4 Å². The van der Waals surface area contributed by atoms with E-state index < -0.39 is 20.0 Å². The van der Waals surface area contributed by atoms with Gasteiger partial charge in [-0.3, -0.25) is 13.8 Å². The quantitative estimate of drug-likeness (QED) is 0.0253. The first-order valence-electron chi connectivity index (χ1n) is 21.1. The maximum absolute atomic E-state index is 12.8. The highest BCUT2D eigenvalue weighted by atomic mass is 31.2. The van der Waals surface area contributed by atoms with Crippen LogP contribution in [0.4, 0.5) is 0 Å². The molecule has 0 spiro atoms. The Hall–Kier alpha value is -0.760. The van der Waals surface area contributed by atoms with E-state index in [-0.39, 0.29) is 19.1 Å². The molecule has 298 valence electrons. The van der Waals surface area contributed by atoms with Gasteiger partial charge in [0.05, 0.1) is 39.9 Å². The Morgan fingerprint density at radius 2 is 1.08 bits per heavy atom. The van der Waals surface area contributed by atoms with Crippen LogP contribution in [0, 0.1) is 0 Å². The lowest BCUT2D eigenvalue weighted by atomic mass is 10.0. The molecule has 0 aliphatic rings. The van der Waals surface area contributed by atoms with E-state index in [1.54, 1.807) is 0 Å². The van der Waals surface area contributed by atoms with Gasteiger partial charge in [-0.15, -0.1) is 0 Å². The minimum Gasteiger partial charge on any atom is -0.391 e. The van der Waals surface area contributed by atoms with Gasteiger partial charge in [0.25, 0.3) is 0 Å². The number of phosphoric ester groups is 1. The Balaban J connectivity index is 4.44. The second-order valence-corrected chi connectivity index (χ2v) is 17.2. The Kier molecular flexibility index (Phi) is 33.5. The number of aliphatic hydroxyl groups is 1. The molecule has 0 bridgehead atoms. The number of nitrogens with one attached hydrogen (secondary N) is 1. The number of allylic oxidation sites excluding steroid dienone is 2. The van der Waals surface area contributed by atoms with Crippen LogP contribution in [0.5, 0.6) is 0 Å². The van der Waals surface area contributed by atoms with Gasteiger partial charge in [0.15, 0.2) is 0 Å². The van der Waals surface area contributed by atoms with E-state index >= 15 is 0 Å². The molecule has 1 amide bonds. The molecule has 0 rings (SSSR count). The van der Waals surface area contributed by atoms with Crippen LogP contribution in [-0.2, 0) is 18.4 Å². The zero-order valence-electron chi connectivity index (χ0n) is 33.7. The number of aliphatic hydroxyl groups excluding tert-OH is 1. The van der Waals surface area contributed by atoms with Crippen LogP contribution in [0.3, 0.4) is 0 Å². The molecule has 0 saturated carbocycles. The molecule has 0 aromatic carbocycles. The second kappa shape index (κ2) is 34.0. The van der Waals surface area contributed by atoms with Crippen molar-refractivity contribution < 1.29 is 32.9 Å². The standard InChI is InChI=1S/C41H83N2O6P/c1-6-8-10-12-14-16-18-20-21-23-24-26-28-30-32-34-40(44)39(38-49-50(46,47)48-37-36-43(3,4)5)42-41(45)35-33-31-29-27-25-22-19-17-15-13-11-9-7-2/h24,26,39-40,44H,6-23,25,27-38H2,1-5H3,(H-,42,45,46,47)/p+1/b26-24+/t39-,40+/m0/s1. The summed E-state index contributed by atoms with van der Waals surface area (Å²) in [6.45, 7) is 4.86. The maximum atomic E-state index is 12.8. The molecule has 8 nitrogen and oxygen atoms in total. The van der Waals surface area contributed by atoms with Gasteiger partial charge in [-0.05, 0) is 38.5 Å². The van der Waals surface area contributed by atoms with Crippen molar-refractivity contribution in [1.82, 2.24) is 5.32 Å². The molecule has 3 atom stereocenters. The van der Waals surface area contributed by atoms with Gasteiger partial charge < -0.3 is 19.8 Å². The van der Waals surface area contributed by atoms with E-state index in [1.165, 1.54) is 122 Å². The molecule has 1 unspecified atom stereocenters. The van der Waals surface area contributed by atoms with Gasteiger partial charge in [0.1, 0.15) is 13.2 Å². The highest BCUT2D eigenvalue weighted by Gasteiger charge is 2.28. The summed E-state index contributed by atoms with van der Waals surface area (Å²) in [5.74, 6) is -0.154. The van der Waals surface area contributed by atoms with Gasteiger partial charge in [-0.2, -0.15) is 0 Å². The highest BCUT2D eigenvalue weighted by Crippen LogP contribution is 2.43. The first-order chi connectivity index (χ1) is 24.0. The van der Waals surface area contributed by atoms with Crippen LogP contribution < -0.4 is 5.32 Å². The number of hydrogen-bond donors (Lipinski definition) is 3. The van der Waals surface area contributed by atoms with E-state index in [4.69, 9.17) is 9.05 Å². The minimum atomic E-state index is -4.31. The number of hydrogen-bond acceptors (Lipinski definition) is 5. The van der Waals surface area contributed by atoms with E-state index in [0.717, 1.165) is 44.9 Å². The summed E-state index contributed by atoms with van der Waals surface area (Å²) in [7, 11) is 1.60. The number of likely N-dealkylation sites (N-methyl/N-ethyl adjacent to an activating group) is 1. The molecule has 0 aliphatic heterocycles. The largest absolute Gasteiger partial charge is 0.472 e. The van der Waals surface area contributed by atoms with Gasteiger partial charge in [-0.1, -0.05) is 161 Å². The molecule has 0 aromatic rings. The zero-order chi connectivity index (χ0) is 37.2. The van der Waals surface area contributed by atoms with Crippen LogP contribution in [0.1, 0.15) is 194 Å². The third kappa shape index (κ3) is 35.6. The minimum absolute atomic E-state index is 0.0720. The SMILES string of the molecule is CCCCCCCCCCC/C=C/CCCC[C@@H](O)[C@H](COP(=O)(O)OCC[N+](C)(C)C)NC(=O)CCCCCCCCCCCCCCC. The molecular formula is C41H84N2O6P+. The fraction of sp³-hybridized carbons (Fsp3) is 0.927.